The number of hydrogen-bond acceptors (Lipinski definition) is 4. The molecule has 1 amide bonds. The minimum absolute atomic E-state index is 0.0601. The Labute approximate surface area is 115 Å². The van der Waals surface area contributed by atoms with Gasteiger partial charge in [-0.3, -0.25) is 14.9 Å². The van der Waals surface area contributed by atoms with Gasteiger partial charge in [0.1, 0.15) is 5.56 Å². The molecule has 0 bridgehead atoms. The van der Waals surface area contributed by atoms with Gasteiger partial charge in [0, 0.05) is 24.7 Å². The van der Waals surface area contributed by atoms with Gasteiger partial charge in [-0.1, -0.05) is 17.7 Å². The third kappa shape index (κ3) is 2.41. The van der Waals surface area contributed by atoms with Crippen LogP contribution in [0.1, 0.15) is 23.7 Å². The molecule has 19 heavy (non-hydrogen) atoms. The molecule has 2 N–H and O–H groups in total. The zero-order chi connectivity index (χ0) is 14.2. The fourth-order valence-electron chi connectivity index (χ4n) is 2.27. The average molecular weight is 284 g/mol. The van der Waals surface area contributed by atoms with Gasteiger partial charge in [0.05, 0.1) is 9.95 Å². The van der Waals surface area contributed by atoms with E-state index in [2.05, 4.69) is 0 Å². The second-order valence-electron chi connectivity index (χ2n) is 4.58. The Kier molecular flexibility index (Phi) is 3.73. The summed E-state index contributed by atoms with van der Waals surface area (Å²) >= 11 is 5.95. The summed E-state index contributed by atoms with van der Waals surface area (Å²) in [4.78, 5) is 24.4. The average Bonchev–Trinajstić information content (AvgIpc) is 2.69. The third-order valence-electron chi connectivity index (χ3n) is 3.48. The van der Waals surface area contributed by atoms with Crippen LogP contribution in [-0.4, -0.2) is 34.4 Å². The number of likely N-dealkylation sites (tertiary alicyclic amines) is 1. The summed E-state index contributed by atoms with van der Waals surface area (Å²) in [7, 11) is 0. The Morgan fingerprint density at radius 3 is 2.79 bits per heavy atom. The molecule has 2 atom stereocenters. The molecular formula is C12H14ClN3O3. The number of carbonyl (C=O) groups excluding carboxylic acids is 1. The Balaban J connectivity index is 2.42. The van der Waals surface area contributed by atoms with E-state index >= 15 is 0 Å². The number of rotatable bonds is 2. The number of nitro benzene ring substituents is 1. The lowest BCUT2D eigenvalue weighted by atomic mass is 10.1. The maximum Gasteiger partial charge on any atom is 0.283 e. The molecule has 2 unspecified atom stereocenters. The molecule has 0 aromatic heterocycles. The number of nitro groups is 1. The van der Waals surface area contributed by atoms with Crippen molar-refractivity contribution in [1.82, 2.24) is 4.90 Å². The van der Waals surface area contributed by atoms with Gasteiger partial charge in [0.2, 0.25) is 0 Å². The van der Waals surface area contributed by atoms with Gasteiger partial charge in [-0.15, -0.1) is 0 Å². The molecule has 0 saturated carbocycles. The quantitative estimate of drug-likeness (QED) is 0.662. The van der Waals surface area contributed by atoms with E-state index in [-0.39, 0.29) is 28.4 Å². The number of hydrogen-bond donors (Lipinski definition) is 1. The normalized spacial score (nSPS) is 22.6. The van der Waals surface area contributed by atoms with Crippen LogP contribution in [-0.2, 0) is 0 Å². The van der Waals surface area contributed by atoms with Crippen molar-refractivity contribution in [2.45, 2.75) is 25.4 Å². The number of carbonyl (C=O) groups is 1. The molecule has 7 heteroatoms. The van der Waals surface area contributed by atoms with Gasteiger partial charge in [-0.05, 0) is 19.4 Å². The van der Waals surface area contributed by atoms with Crippen molar-refractivity contribution in [3.63, 3.8) is 0 Å². The summed E-state index contributed by atoms with van der Waals surface area (Å²) in [6.45, 7) is 2.32. The molecule has 2 rings (SSSR count). The largest absolute Gasteiger partial charge is 0.334 e. The smallest absolute Gasteiger partial charge is 0.283 e. The summed E-state index contributed by atoms with van der Waals surface area (Å²) in [5, 5.41) is 11.1. The summed E-state index contributed by atoms with van der Waals surface area (Å²) in [6, 6.07) is 3.95. The topological polar surface area (TPSA) is 89.5 Å². The van der Waals surface area contributed by atoms with E-state index in [1.807, 2.05) is 6.92 Å². The first-order valence-corrected chi connectivity index (χ1v) is 6.30. The number of amides is 1. The van der Waals surface area contributed by atoms with Crippen molar-refractivity contribution in [2.75, 3.05) is 6.54 Å². The molecule has 0 radical (unpaired) electrons. The molecule has 1 saturated heterocycles. The highest BCUT2D eigenvalue weighted by molar-refractivity contribution is 6.34. The van der Waals surface area contributed by atoms with Crippen molar-refractivity contribution in [2.24, 2.45) is 5.73 Å². The van der Waals surface area contributed by atoms with Crippen LogP contribution in [0.5, 0.6) is 0 Å². The SMILES string of the molecule is CC1C(N)CCN1C(=O)c1c(Cl)cccc1[N+](=O)[O-]. The Hall–Kier alpha value is -1.66. The lowest BCUT2D eigenvalue weighted by Crippen LogP contribution is -2.40. The number of nitrogens with two attached hydrogens (primary N) is 1. The third-order valence-corrected chi connectivity index (χ3v) is 3.79. The molecule has 1 heterocycles. The van der Waals surface area contributed by atoms with Crippen LogP contribution in [0.15, 0.2) is 18.2 Å². The maximum absolute atomic E-state index is 12.4. The van der Waals surface area contributed by atoms with Crippen LogP contribution in [0, 0.1) is 10.1 Å². The first-order chi connectivity index (χ1) is 8.93. The second-order valence-corrected chi connectivity index (χ2v) is 4.99. The lowest BCUT2D eigenvalue weighted by Gasteiger charge is -2.23. The Morgan fingerprint density at radius 1 is 1.58 bits per heavy atom. The Morgan fingerprint density at radius 2 is 2.26 bits per heavy atom. The van der Waals surface area contributed by atoms with Crippen LogP contribution in [0.3, 0.4) is 0 Å². The monoisotopic (exact) mass is 283 g/mol. The van der Waals surface area contributed by atoms with Crippen molar-refractivity contribution < 1.29 is 9.72 Å². The minimum atomic E-state index is -0.597. The van der Waals surface area contributed by atoms with Crippen molar-refractivity contribution in [3.8, 4) is 0 Å². The maximum atomic E-state index is 12.4. The molecule has 1 aromatic carbocycles. The van der Waals surface area contributed by atoms with Gasteiger partial charge < -0.3 is 10.6 Å². The Bertz CT molecular complexity index is 535. The lowest BCUT2D eigenvalue weighted by molar-refractivity contribution is -0.385. The van der Waals surface area contributed by atoms with E-state index in [0.717, 1.165) is 0 Å². The summed E-state index contributed by atoms with van der Waals surface area (Å²) in [5.41, 5.74) is 5.53. The summed E-state index contributed by atoms with van der Waals surface area (Å²) in [6.07, 6.45) is 0.686. The number of benzene rings is 1. The first kappa shape index (κ1) is 13.8. The molecule has 102 valence electrons. The van der Waals surface area contributed by atoms with E-state index in [1.54, 1.807) is 4.90 Å². The van der Waals surface area contributed by atoms with Crippen LogP contribution in [0.2, 0.25) is 5.02 Å². The van der Waals surface area contributed by atoms with Crippen LogP contribution in [0.4, 0.5) is 5.69 Å². The van der Waals surface area contributed by atoms with E-state index < -0.39 is 10.8 Å². The standard InChI is InChI=1S/C12H14ClN3O3/c1-7-9(14)5-6-15(7)12(17)11-8(13)3-2-4-10(11)16(18)19/h2-4,7,9H,5-6,14H2,1H3. The predicted octanol–water partition coefficient (Wildman–Crippen LogP) is 1.81. The van der Waals surface area contributed by atoms with Crippen LogP contribution < -0.4 is 5.73 Å². The molecule has 1 aliphatic rings. The zero-order valence-electron chi connectivity index (χ0n) is 10.4. The van der Waals surface area contributed by atoms with Crippen molar-refractivity contribution in [3.05, 3.63) is 38.9 Å². The minimum Gasteiger partial charge on any atom is -0.334 e. The van der Waals surface area contributed by atoms with Gasteiger partial charge in [0.25, 0.3) is 11.6 Å². The number of halogens is 1. The van der Waals surface area contributed by atoms with E-state index in [4.69, 9.17) is 17.3 Å². The highest BCUT2D eigenvalue weighted by Gasteiger charge is 2.35. The van der Waals surface area contributed by atoms with Crippen LogP contribution >= 0.6 is 11.6 Å². The highest BCUT2D eigenvalue weighted by atomic mass is 35.5. The fourth-order valence-corrected chi connectivity index (χ4v) is 2.52. The second kappa shape index (κ2) is 5.14. The molecule has 1 fully saturated rings. The molecule has 1 aromatic rings. The van der Waals surface area contributed by atoms with Crippen molar-refractivity contribution >= 4 is 23.2 Å². The van der Waals surface area contributed by atoms with E-state index in [9.17, 15) is 14.9 Å². The zero-order valence-corrected chi connectivity index (χ0v) is 11.1. The highest BCUT2D eigenvalue weighted by Crippen LogP contribution is 2.30. The van der Waals surface area contributed by atoms with Gasteiger partial charge >= 0.3 is 0 Å². The molecule has 1 aliphatic heterocycles. The molecule has 0 spiro atoms. The fraction of sp³-hybridized carbons (Fsp3) is 0.417. The van der Waals surface area contributed by atoms with E-state index in [0.29, 0.717) is 13.0 Å². The van der Waals surface area contributed by atoms with E-state index in [1.165, 1.54) is 18.2 Å². The van der Waals surface area contributed by atoms with Gasteiger partial charge in [-0.2, -0.15) is 0 Å². The van der Waals surface area contributed by atoms with Gasteiger partial charge in [0.15, 0.2) is 0 Å². The summed E-state index contributed by atoms with van der Waals surface area (Å²) < 4.78 is 0. The molecule has 6 nitrogen and oxygen atoms in total. The summed E-state index contributed by atoms with van der Waals surface area (Å²) in [5.74, 6) is -0.433. The van der Waals surface area contributed by atoms with Gasteiger partial charge in [-0.25, -0.2) is 0 Å². The van der Waals surface area contributed by atoms with Crippen molar-refractivity contribution in [1.29, 1.82) is 0 Å². The first-order valence-electron chi connectivity index (χ1n) is 5.93. The number of nitrogens with zero attached hydrogens (tertiary/aromatic N) is 2. The molecular weight excluding hydrogens is 270 g/mol. The molecule has 0 aliphatic carbocycles. The predicted molar refractivity (Wildman–Crippen MR) is 71.2 cm³/mol. The van der Waals surface area contributed by atoms with Crippen LogP contribution in [0.25, 0.3) is 0 Å².